The quantitative estimate of drug-likeness (QED) is 0.199. The number of hydrogen-bond donors (Lipinski definition) is 3. The number of aliphatic hydroxyl groups excluding tert-OH is 1. The van der Waals surface area contributed by atoms with Gasteiger partial charge in [-0.1, -0.05) is 36.4 Å². The van der Waals surface area contributed by atoms with Crippen molar-refractivity contribution >= 4 is 23.7 Å². The predicted octanol–water partition coefficient (Wildman–Crippen LogP) is 2.69. The van der Waals surface area contributed by atoms with Crippen LogP contribution in [0.25, 0.3) is 0 Å². The van der Waals surface area contributed by atoms with E-state index in [1.54, 1.807) is 72.8 Å². The minimum atomic E-state index is -1.03. The zero-order valence-corrected chi connectivity index (χ0v) is 21.0. The van der Waals surface area contributed by atoms with Gasteiger partial charge in [0.25, 0.3) is 5.91 Å². The molecule has 0 aromatic heterocycles. The molecule has 38 heavy (non-hydrogen) atoms. The molecule has 1 atom stereocenters. The molecule has 0 aliphatic heterocycles. The topological polar surface area (TPSA) is 152 Å². The van der Waals surface area contributed by atoms with E-state index in [0.29, 0.717) is 28.0 Å². The van der Waals surface area contributed by atoms with Crippen molar-refractivity contribution in [3.8, 4) is 5.75 Å². The van der Waals surface area contributed by atoms with E-state index in [1.165, 1.54) is 19.1 Å². The summed E-state index contributed by atoms with van der Waals surface area (Å²) in [5, 5.41) is 18.5. The van der Waals surface area contributed by atoms with Gasteiger partial charge < -0.3 is 30.0 Å². The fraction of sp³-hybridized carbons (Fsp3) is 0.214. The van der Waals surface area contributed by atoms with Gasteiger partial charge in [0.05, 0.1) is 32.4 Å². The Kier molecular flexibility index (Phi) is 9.55. The Morgan fingerprint density at radius 2 is 1.45 bits per heavy atom. The number of amidine groups is 1. The Bertz CT molecular complexity index is 1270. The third-order valence-corrected chi connectivity index (χ3v) is 5.72. The fourth-order valence-corrected chi connectivity index (χ4v) is 3.58. The average Bonchev–Trinajstić information content (AvgIpc) is 2.95. The largest absolute Gasteiger partial charge is 0.482 e. The molecule has 0 fully saturated rings. The van der Waals surface area contributed by atoms with Gasteiger partial charge in [-0.25, -0.2) is 9.59 Å². The maximum atomic E-state index is 13.4. The molecule has 3 rings (SSSR count). The van der Waals surface area contributed by atoms with Gasteiger partial charge in [-0.2, -0.15) is 0 Å². The normalized spacial score (nSPS) is 11.2. The molecule has 1 amide bonds. The Hall–Kier alpha value is -4.70. The standard InChI is InChI=1S/C28H29N3O7/c1-36-25(33)17-38-23-13-11-19(12-14-23)24(32)16-31(15-18-3-5-22(6-4-18)28(35)37-2)27(34)21-9-7-20(8-10-21)26(29)30/h3-14,24,32H,15-17H2,1-2H3,(H3,29,30). The lowest BCUT2D eigenvalue weighted by Gasteiger charge is -2.26. The number of ether oxygens (including phenoxy) is 3. The molecule has 10 nitrogen and oxygen atoms in total. The number of carbonyl (C=O) groups is 3. The van der Waals surface area contributed by atoms with Crippen molar-refractivity contribution in [1.82, 2.24) is 4.90 Å². The molecule has 0 aliphatic carbocycles. The summed E-state index contributed by atoms with van der Waals surface area (Å²) in [7, 11) is 2.57. The number of methoxy groups -OCH3 is 2. The molecule has 0 radical (unpaired) electrons. The summed E-state index contributed by atoms with van der Waals surface area (Å²) in [6, 6.07) is 19.5. The smallest absolute Gasteiger partial charge is 0.343 e. The van der Waals surface area contributed by atoms with Crippen LogP contribution in [0.1, 0.15) is 43.5 Å². The molecule has 0 bridgehead atoms. The zero-order chi connectivity index (χ0) is 27.7. The summed E-state index contributed by atoms with van der Waals surface area (Å²) in [5.41, 5.74) is 8.03. The van der Waals surface area contributed by atoms with Gasteiger partial charge in [0, 0.05) is 17.7 Å². The molecular formula is C28H29N3O7. The van der Waals surface area contributed by atoms with E-state index in [0.717, 1.165) is 5.56 Å². The molecule has 4 N–H and O–H groups in total. The SMILES string of the molecule is COC(=O)COc1ccc(C(O)CN(Cc2ccc(C(=O)OC)cc2)C(=O)c2ccc(C(=N)N)cc2)cc1. The van der Waals surface area contributed by atoms with Crippen LogP contribution in [0.15, 0.2) is 72.8 Å². The first kappa shape index (κ1) is 27.9. The molecule has 3 aromatic rings. The Morgan fingerprint density at radius 3 is 2.00 bits per heavy atom. The van der Waals surface area contributed by atoms with Crippen molar-refractivity contribution in [2.75, 3.05) is 27.4 Å². The maximum absolute atomic E-state index is 13.4. The van der Waals surface area contributed by atoms with Gasteiger partial charge in [0.1, 0.15) is 11.6 Å². The second-order valence-electron chi connectivity index (χ2n) is 8.31. The number of hydrogen-bond acceptors (Lipinski definition) is 8. The lowest BCUT2D eigenvalue weighted by molar-refractivity contribution is -0.142. The first-order valence-electron chi connectivity index (χ1n) is 11.6. The van der Waals surface area contributed by atoms with Crippen LogP contribution in [0.2, 0.25) is 0 Å². The van der Waals surface area contributed by atoms with Crippen LogP contribution in [0.3, 0.4) is 0 Å². The number of nitrogen functional groups attached to an aromatic ring is 1. The van der Waals surface area contributed by atoms with Crippen molar-refractivity contribution in [3.63, 3.8) is 0 Å². The minimum absolute atomic E-state index is 0.0333. The molecule has 0 spiro atoms. The third kappa shape index (κ3) is 7.40. The van der Waals surface area contributed by atoms with Crippen LogP contribution in [0.5, 0.6) is 5.75 Å². The second kappa shape index (κ2) is 13.0. The lowest BCUT2D eigenvalue weighted by atomic mass is 10.1. The van der Waals surface area contributed by atoms with E-state index in [9.17, 15) is 19.5 Å². The Labute approximate surface area is 220 Å². The summed E-state index contributed by atoms with van der Waals surface area (Å²) in [5.74, 6) is -1.01. The molecule has 198 valence electrons. The van der Waals surface area contributed by atoms with Crippen LogP contribution in [-0.2, 0) is 20.8 Å². The van der Waals surface area contributed by atoms with Crippen molar-refractivity contribution in [1.29, 1.82) is 5.41 Å². The van der Waals surface area contributed by atoms with Gasteiger partial charge in [-0.3, -0.25) is 10.2 Å². The number of benzene rings is 3. The third-order valence-electron chi connectivity index (χ3n) is 5.72. The van der Waals surface area contributed by atoms with E-state index in [-0.39, 0.29) is 31.4 Å². The van der Waals surface area contributed by atoms with Gasteiger partial charge in [-0.15, -0.1) is 0 Å². The molecule has 1 unspecified atom stereocenters. The lowest BCUT2D eigenvalue weighted by Crippen LogP contribution is -2.34. The predicted molar refractivity (Wildman–Crippen MR) is 139 cm³/mol. The van der Waals surface area contributed by atoms with Crippen LogP contribution >= 0.6 is 0 Å². The highest BCUT2D eigenvalue weighted by Gasteiger charge is 2.21. The van der Waals surface area contributed by atoms with E-state index < -0.39 is 18.0 Å². The van der Waals surface area contributed by atoms with Crippen molar-refractivity contribution < 1.29 is 33.7 Å². The summed E-state index contributed by atoms with van der Waals surface area (Å²) in [6.45, 7) is -0.113. The molecule has 0 aliphatic rings. The minimum Gasteiger partial charge on any atom is -0.482 e. The monoisotopic (exact) mass is 519 g/mol. The number of amides is 1. The summed E-state index contributed by atoms with van der Waals surface area (Å²) in [6.07, 6.45) is -1.03. The van der Waals surface area contributed by atoms with Crippen molar-refractivity contribution in [3.05, 3.63) is 101 Å². The zero-order valence-electron chi connectivity index (χ0n) is 21.0. The van der Waals surface area contributed by atoms with Gasteiger partial charge in [0.2, 0.25) is 0 Å². The van der Waals surface area contributed by atoms with Crippen molar-refractivity contribution in [2.24, 2.45) is 5.73 Å². The van der Waals surface area contributed by atoms with Crippen LogP contribution < -0.4 is 10.5 Å². The Morgan fingerprint density at radius 1 is 0.868 bits per heavy atom. The first-order chi connectivity index (χ1) is 18.2. The highest BCUT2D eigenvalue weighted by Crippen LogP contribution is 2.21. The highest BCUT2D eigenvalue weighted by atomic mass is 16.6. The molecule has 0 saturated heterocycles. The average molecular weight is 520 g/mol. The first-order valence-corrected chi connectivity index (χ1v) is 11.6. The number of carbonyl (C=O) groups excluding carboxylic acids is 3. The van der Waals surface area contributed by atoms with Gasteiger partial charge in [0.15, 0.2) is 6.61 Å². The molecule has 3 aromatic carbocycles. The van der Waals surface area contributed by atoms with E-state index in [2.05, 4.69) is 4.74 Å². The van der Waals surface area contributed by atoms with Crippen molar-refractivity contribution in [2.45, 2.75) is 12.6 Å². The van der Waals surface area contributed by atoms with Gasteiger partial charge in [-0.05, 0) is 47.5 Å². The summed E-state index contributed by atoms with van der Waals surface area (Å²) in [4.78, 5) is 38.0. The summed E-state index contributed by atoms with van der Waals surface area (Å²) >= 11 is 0. The van der Waals surface area contributed by atoms with Crippen LogP contribution in [0.4, 0.5) is 0 Å². The second-order valence-corrected chi connectivity index (χ2v) is 8.31. The number of nitrogens with one attached hydrogen (secondary N) is 1. The molecular weight excluding hydrogens is 490 g/mol. The van der Waals surface area contributed by atoms with Crippen LogP contribution in [0, 0.1) is 5.41 Å². The molecule has 10 heteroatoms. The summed E-state index contributed by atoms with van der Waals surface area (Å²) < 4.78 is 14.6. The molecule has 0 heterocycles. The van der Waals surface area contributed by atoms with E-state index >= 15 is 0 Å². The Balaban J connectivity index is 1.80. The molecule has 0 saturated carbocycles. The number of esters is 2. The number of nitrogens with two attached hydrogens (primary N) is 1. The van der Waals surface area contributed by atoms with E-state index in [1.807, 2.05) is 0 Å². The number of rotatable bonds is 11. The maximum Gasteiger partial charge on any atom is 0.343 e. The fourth-order valence-electron chi connectivity index (χ4n) is 3.58. The van der Waals surface area contributed by atoms with Gasteiger partial charge >= 0.3 is 11.9 Å². The number of nitrogens with zero attached hydrogens (tertiary/aromatic N) is 1. The highest BCUT2D eigenvalue weighted by molar-refractivity contribution is 5.98. The van der Waals surface area contributed by atoms with E-state index in [4.69, 9.17) is 20.6 Å². The van der Waals surface area contributed by atoms with Crippen LogP contribution in [-0.4, -0.2) is 61.1 Å². The number of aliphatic hydroxyl groups is 1.